The number of halogens is 2. The second-order valence-corrected chi connectivity index (χ2v) is 14.8. The molecule has 0 nitrogen and oxygen atoms in total. The van der Waals surface area contributed by atoms with Gasteiger partial charge in [-0.2, -0.15) is 0 Å². The highest BCUT2D eigenvalue weighted by atomic mass is 35.7. The van der Waals surface area contributed by atoms with Gasteiger partial charge < -0.3 is 0 Å². The van der Waals surface area contributed by atoms with Crippen LogP contribution in [0.1, 0.15) is 40.0 Å². The standard InChI is InChI=1S/C12H22Cl2Si/c1-11(2)10-5-6-12(11,3)7-9(10)8-15(4,13)14/h9-10H,5-8H2,1-4H3/t9-,10+,12-/m0/s1. The third-order valence-electron chi connectivity index (χ3n) is 5.39. The van der Waals surface area contributed by atoms with Crippen molar-refractivity contribution in [3.63, 3.8) is 0 Å². The van der Waals surface area contributed by atoms with Gasteiger partial charge in [0.15, 0.2) is 0 Å². The Morgan fingerprint density at radius 1 is 1.27 bits per heavy atom. The van der Waals surface area contributed by atoms with Gasteiger partial charge >= 0.3 is 0 Å². The van der Waals surface area contributed by atoms with Crippen LogP contribution in [0.25, 0.3) is 0 Å². The first-order chi connectivity index (χ1) is 6.66. The molecule has 2 saturated carbocycles. The predicted molar refractivity (Wildman–Crippen MR) is 70.9 cm³/mol. The molecule has 0 amide bonds. The first kappa shape index (κ1) is 12.3. The van der Waals surface area contributed by atoms with E-state index in [9.17, 15) is 0 Å². The maximum absolute atomic E-state index is 6.29. The summed E-state index contributed by atoms with van der Waals surface area (Å²) in [6, 6.07) is 1.10. The number of fused-ring (bicyclic) bond motifs is 2. The Bertz CT molecular complexity index is 267. The molecule has 0 aromatic heterocycles. The molecule has 15 heavy (non-hydrogen) atoms. The normalized spacial score (nSPS) is 43.6. The van der Waals surface area contributed by atoms with Crippen LogP contribution < -0.4 is 0 Å². The average Bonchev–Trinajstić information content (AvgIpc) is 2.29. The molecule has 0 heterocycles. The van der Waals surface area contributed by atoms with E-state index in [0.29, 0.717) is 10.8 Å². The van der Waals surface area contributed by atoms with Gasteiger partial charge in [0.1, 0.15) is 0 Å². The van der Waals surface area contributed by atoms with Crippen molar-refractivity contribution in [1.29, 1.82) is 0 Å². The maximum atomic E-state index is 6.29. The Hall–Kier alpha value is 0.797. The molecule has 2 fully saturated rings. The second-order valence-electron chi connectivity index (χ2n) is 6.67. The molecule has 3 heteroatoms. The Labute approximate surface area is 104 Å². The summed E-state index contributed by atoms with van der Waals surface area (Å²) in [5.74, 6) is 1.66. The van der Waals surface area contributed by atoms with Crippen molar-refractivity contribution in [1.82, 2.24) is 0 Å². The van der Waals surface area contributed by atoms with Crippen LogP contribution >= 0.6 is 22.2 Å². The van der Waals surface area contributed by atoms with E-state index in [1.165, 1.54) is 19.3 Å². The molecule has 0 aromatic carbocycles. The summed E-state index contributed by atoms with van der Waals surface area (Å²) in [5.41, 5.74) is 1.06. The second kappa shape index (κ2) is 3.40. The molecule has 0 aliphatic heterocycles. The van der Waals surface area contributed by atoms with E-state index in [1.54, 1.807) is 0 Å². The summed E-state index contributed by atoms with van der Waals surface area (Å²) in [6.45, 7) is 7.52. The number of rotatable bonds is 2. The van der Waals surface area contributed by atoms with Gasteiger partial charge in [-0.1, -0.05) is 20.8 Å². The van der Waals surface area contributed by atoms with Gasteiger partial charge in [0, 0.05) is 0 Å². The monoisotopic (exact) mass is 264 g/mol. The van der Waals surface area contributed by atoms with Crippen LogP contribution in [-0.2, 0) is 0 Å². The zero-order chi connectivity index (χ0) is 11.5. The molecular weight excluding hydrogens is 243 g/mol. The van der Waals surface area contributed by atoms with E-state index in [0.717, 1.165) is 17.9 Å². The third-order valence-corrected chi connectivity index (χ3v) is 7.56. The van der Waals surface area contributed by atoms with Gasteiger partial charge in [0.05, 0.1) is 0 Å². The predicted octanol–water partition coefficient (Wildman–Crippen LogP) is 5.00. The van der Waals surface area contributed by atoms with Crippen molar-refractivity contribution >= 4 is 28.9 Å². The number of hydrogen-bond acceptors (Lipinski definition) is 0. The van der Waals surface area contributed by atoms with E-state index in [1.807, 2.05) is 0 Å². The third kappa shape index (κ3) is 1.89. The summed E-state index contributed by atoms with van der Waals surface area (Å²) in [6.07, 6.45) is 4.16. The molecule has 0 spiro atoms. The molecule has 0 unspecified atom stereocenters. The molecule has 0 N–H and O–H groups in total. The molecule has 2 aliphatic rings. The summed E-state index contributed by atoms with van der Waals surface area (Å²) < 4.78 is 0. The molecule has 0 aromatic rings. The first-order valence-electron chi connectivity index (χ1n) is 6.04. The molecule has 2 rings (SSSR count). The minimum Gasteiger partial charge on any atom is -0.146 e. The van der Waals surface area contributed by atoms with Crippen molar-refractivity contribution < 1.29 is 0 Å². The molecule has 2 bridgehead atoms. The van der Waals surface area contributed by atoms with E-state index in [-0.39, 0.29) is 0 Å². The Kier molecular flexibility index (Phi) is 2.78. The zero-order valence-electron chi connectivity index (χ0n) is 10.2. The highest BCUT2D eigenvalue weighted by Gasteiger charge is 2.60. The molecule has 88 valence electrons. The Morgan fingerprint density at radius 3 is 2.20 bits per heavy atom. The lowest BCUT2D eigenvalue weighted by Crippen LogP contribution is -2.26. The summed E-state index contributed by atoms with van der Waals surface area (Å²) >= 11 is 12.6. The number of hydrogen-bond donors (Lipinski definition) is 0. The fraction of sp³-hybridized carbons (Fsp3) is 1.00. The molecule has 3 atom stereocenters. The largest absolute Gasteiger partial charge is 0.248 e. The van der Waals surface area contributed by atoms with Gasteiger partial charge in [0.25, 0.3) is 0 Å². The van der Waals surface area contributed by atoms with E-state index in [4.69, 9.17) is 22.2 Å². The van der Waals surface area contributed by atoms with Gasteiger partial charge in [-0.3, -0.25) is 0 Å². The van der Waals surface area contributed by atoms with Crippen LogP contribution in [0.2, 0.25) is 12.6 Å². The lowest BCUT2D eigenvalue weighted by atomic mass is 9.71. The molecule has 0 radical (unpaired) electrons. The van der Waals surface area contributed by atoms with Crippen molar-refractivity contribution in [2.24, 2.45) is 22.7 Å². The summed E-state index contributed by atoms with van der Waals surface area (Å²) in [7, 11) is 0. The minimum absolute atomic E-state index is 0.505. The first-order valence-corrected chi connectivity index (χ1v) is 10.8. The smallest absolute Gasteiger partial charge is 0.146 e. The fourth-order valence-corrected chi connectivity index (χ4v) is 6.73. The zero-order valence-corrected chi connectivity index (χ0v) is 12.8. The van der Waals surface area contributed by atoms with Crippen LogP contribution in [0, 0.1) is 22.7 Å². The van der Waals surface area contributed by atoms with E-state index < -0.39 is 6.69 Å². The summed E-state index contributed by atoms with van der Waals surface area (Å²) in [4.78, 5) is 0. The highest BCUT2D eigenvalue weighted by Crippen LogP contribution is 2.68. The van der Waals surface area contributed by atoms with Crippen LogP contribution in [-0.4, -0.2) is 6.69 Å². The van der Waals surface area contributed by atoms with Crippen LogP contribution in [0.4, 0.5) is 0 Å². The van der Waals surface area contributed by atoms with Gasteiger partial charge in [-0.05, 0) is 54.5 Å². The quantitative estimate of drug-likeness (QED) is 0.487. The minimum atomic E-state index is -1.91. The van der Waals surface area contributed by atoms with Gasteiger partial charge in [-0.25, -0.2) is 0 Å². The van der Waals surface area contributed by atoms with Crippen molar-refractivity contribution in [3.8, 4) is 0 Å². The Balaban J connectivity index is 2.16. The topological polar surface area (TPSA) is 0 Å². The molecule has 0 saturated heterocycles. The van der Waals surface area contributed by atoms with Gasteiger partial charge in [-0.15, -0.1) is 22.2 Å². The highest BCUT2D eigenvalue weighted by molar-refractivity contribution is 7.44. The maximum Gasteiger partial charge on any atom is 0.248 e. The Morgan fingerprint density at radius 2 is 1.87 bits per heavy atom. The van der Waals surface area contributed by atoms with E-state index >= 15 is 0 Å². The lowest BCUT2D eigenvalue weighted by molar-refractivity contribution is 0.152. The molecule has 2 aliphatic carbocycles. The van der Waals surface area contributed by atoms with E-state index in [2.05, 4.69) is 27.3 Å². The lowest BCUT2D eigenvalue weighted by Gasteiger charge is -2.34. The van der Waals surface area contributed by atoms with Crippen LogP contribution in [0.5, 0.6) is 0 Å². The van der Waals surface area contributed by atoms with Crippen molar-refractivity contribution in [2.45, 2.75) is 52.6 Å². The summed E-state index contributed by atoms with van der Waals surface area (Å²) in [5, 5.41) is 0. The van der Waals surface area contributed by atoms with Crippen molar-refractivity contribution in [2.75, 3.05) is 0 Å². The van der Waals surface area contributed by atoms with Crippen LogP contribution in [0.15, 0.2) is 0 Å². The average molecular weight is 265 g/mol. The van der Waals surface area contributed by atoms with Crippen molar-refractivity contribution in [3.05, 3.63) is 0 Å². The van der Waals surface area contributed by atoms with Gasteiger partial charge in [0.2, 0.25) is 6.69 Å². The molecular formula is C12H22Cl2Si. The fourth-order valence-electron chi connectivity index (χ4n) is 4.19. The SMILES string of the molecule is CC1(C)[C@@H]2CC[C@@]1(C)C[C@H]2C[Si](C)(Cl)Cl. The van der Waals surface area contributed by atoms with Crippen LogP contribution in [0.3, 0.4) is 0 Å².